The maximum atomic E-state index is 2.54. The van der Waals surface area contributed by atoms with Crippen LogP contribution in [0.1, 0.15) is 45.4 Å². The van der Waals surface area contributed by atoms with Crippen molar-refractivity contribution < 1.29 is 0 Å². The first-order valence-corrected chi connectivity index (χ1v) is 5.69. The maximum Gasteiger partial charge on any atom is 0.0245 e. The van der Waals surface area contributed by atoms with Crippen LogP contribution in [0.15, 0.2) is 0 Å². The summed E-state index contributed by atoms with van der Waals surface area (Å²) in [5.41, 5.74) is 0. The predicted octanol–water partition coefficient (Wildman–Crippen LogP) is 2.51. The van der Waals surface area contributed by atoms with Crippen molar-refractivity contribution in [1.82, 2.24) is 10.0 Å². The Balaban J connectivity index is 2.37. The summed E-state index contributed by atoms with van der Waals surface area (Å²) in [6, 6.07) is 0.823. The number of hydrogen-bond acceptors (Lipinski definition) is 2. The van der Waals surface area contributed by atoms with Crippen LogP contribution in [0.5, 0.6) is 0 Å². The van der Waals surface area contributed by atoms with Gasteiger partial charge in [-0.05, 0) is 19.3 Å². The van der Waals surface area contributed by atoms with E-state index >= 15 is 0 Å². The zero-order valence-corrected chi connectivity index (χ0v) is 9.42. The molecule has 0 aromatic rings. The summed E-state index contributed by atoms with van der Waals surface area (Å²) in [5.74, 6) is 0. The van der Waals surface area contributed by atoms with Crippen LogP contribution in [0.4, 0.5) is 0 Å². The van der Waals surface area contributed by atoms with Gasteiger partial charge in [-0.2, -0.15) is 0 Å². The molecule has 2 nitrogen and oxygen atoms in total. The van der Waals surface area contributed by atoms with Crippen LogP contribution in [0.3, 0.4) is 0 Å². The van der Waals surface area contributed by atoms with Gasteiger partial charge in [-0.1, -0.05) is 26.2 Å². The van der Waals surface area contributed by atoms with Gasteiger partial charge in [0.2, 0.25) is 0 Å². The average Bonchev–Trinajstić information content (AvgIpc) is 2.15. The molecule has 1 fully saturated rings. The highest BCUT2D eigenvalue weighted by Crippen LogP contribution is 2.21. The standard InChI is InChI=1S/C11H24N2/c1-4-5-8-11-9-6-7-10-13(11)12(2)3/h11H,4-10H2,1-3H3. The lowest BCUT2D eigenvalue weighted by atomic mass is 9.99. The van der Waals surface area contributed by atoms with Crippen molar-refractivity contribution in [1.29, 1.82) is 0 Å². The van der Waals surface area contributed by atoms with Crippen LogP contribution in [0.25, 0.3) is 0 Å². The van der Waals surface area contributed by atoms with Gasteiger partial charge in [0.25, 0.3) is 0 Å². The molecule has 1 aliphatic rings. The molecule has 0 radical (unpaired) electrons. The van der Waals surface area contributed by atoms with Gasteiger partial charge in [-0.3, -0.25) is 0 Å². The van der Waals surface area contributed by atoms with E-state index in [-0.39, 0.29) is 0 Å². The largest absolute Gasteiger partial charge is 0.248 e. The fourth-order valence-corrected chi connectivity index (χ4v) is 2.25. The van der Waals surface area contributed by atoms with Crippen LogP contribution >= 0.6 is 0 Å². The molecule has 78 valence electrons. The van der Waals surface area contributed by atoms with E-state index < -0.39 is 0 Å². The Labute approximate surface area is 82.9 Å². The Morgan fingerprint density at radius 1 is 1.31 bits per heavy atom. The fourth-order valence-electron chi connectivity index (χ4n) is 2.25. The van der Waals surface area contributed by atoms with E-state index in [1.165, 1.54) is 45.1 Å². The molecule has 2 heteroatoms. The van der Waals surface area contributed by atoms with E-state index in [9.17, 15) is 0 Å². The third kappa shape index (κ3) is 3.28. The quantitative estimate of drug-likeness (QED) is 0.662. The molecule has 0 spiro atoms. The van der Waals surface area contributed by atoms with Crippen molar-refractivity contribution in [3.05, 3.63) is 0 Å². The van der Waals surface area contributed by atoms with Gasteiger partial charge >= 0.3 is 0 Å². The normalized spacial score (nSPS) is 25.4. The molecule has 0 saturated carbocycles. The SMILES string of the molecule is CCCCC1CCCCN1N(C)C. The molecule has 1 atom stereocenters. The van der Waals surface area contributed by atoms with Crippen LogP contribution in [0, 0.1) is 0 Å². The number of piperidine rings is 1. The number of unbranched alkanes of at least 4 members (excludes halogenated alkanes) is 1. The molecule has 1 aliphatic heterocycles. The zero-order chi connectivity index (χ0) is 9.68. The minimum absolute atomic E-state index is 0.823. The number of hydrazine groups is 1. The van der Waals surface area contributed by atoms with E-state index in [0.717, 1.165) is 6.04 Å². The summed E-state index contributed by atoms with van der Waals surface area (Å²) < 4.78 is 0. The van der Waals surface area contributed by atoms with E-state index in [0.29, 0.717) is 0 Å². The summed E-state index contributed by atoms with van der Waals surface area (Å²) in [5, 5.41) is 4.82. The van der Waals surface area contributed by atoms with Gasteiger partial charge in [0, 0.05) is 26.7 Å². The molecular formula is C11H24N2. The zero-order valence-electron chi connectivity index (χ0n) is 9.42. The third-order valence-electron chi connectivity index (χ3n) is 3.00. The molecule has 1 saturated heterocycles. The van der Waals surface area contributed by atoms with Gasteiger partial charge in [0.05, 0.1) is 0 Å². The Bertz CT molecular complexity index is 134. The van der Waals surface area contributed by atoms with Gasteiger partial charge in [-0.15, -0.1) is 0 Å². The first kappa shape index (κ1) is 11.0. The minimum atomic E-state index is 0.823. The van der Waals surface area contributed by atoms with Gasteiger partial charge in [0.15, 0.2) is 0 Å². The molecule has 0 bridgehead atoms. The number of hydrogen-bond donors (Lipinski definition) is 0. The van der Waals surface area contributed by atoms with Crippen molar-refractivity contribution in [3.8, 4) is 0 Å². The summed E-state index contributed by atoms with van der Waals surface area (Å²) >= 11 is 0. The highest BCUT2D eigenvalue weighted by atomic mass is 15.6. The van der Waals surface area contributed by atoms with Crippen molar-refractivity contribution in [2.24, 2.45) is 0 Å². The maximum absolute atomic E-state index is 2.54. The third-order valence-corrected chi connectivity index (χ3v) is 3.00. The number of rotatable bonds is 4. The van der Waals surface area contributed by atoms with Crippen LogP contribution in [0.2, 0.25) is 0 Å². The second-order valence-electron chi connectivity index (χ2n) is 4.30. The van der Waals surface area contributed by atoms with Crippen LogP contribution < -0.4 is 0 Å². The Hall–Kier alpha value is -0.0800. The summed E-state index contributed by atoms with van der Waals surface area (Å²) in [6.45, 7) is 3.55. The van der Waals surface area contributed by atoms with E-state index in [4.69, 9.17) is 0 Å². The van der Waals surface area contributed by atoms with E-state index in [1.54, 1.807) is 0 Å². The summed E-state index contributed by atoms with van der Waals surface area (Å²) in [6.07, 6.45) is 8.30. The minimum Gasteiger partial charge on any atom is -0.248 e. The highest BCUT2D eigenvalue weighted by molar-refractivity contribution is 4.73. The smallest absolute Gasteiger partial charge is 0.0245 e. The second kappa shape index (κ2) is 5.61. The molecule has 0 aliphatic carbocycles. The van der Waals surface area contributed by atoms with Gasteiger partial charge < -0.3 is 0 Å². The van der Waals surface area contributed by atoms with Crippen molar-refractivity contribution in [3.63, 3.8) is 0 Å². The molecule has 0 amide bonds. The highest BCUT2D eigenvalue weighted by Gasteiger charge is 2.22. The molecule has 0 aromatic heterocycles. The molecule has 0 aromatic carbocycles. The summed E-state index contributed by atoms with van der Waals surface area (Å²) in [7, 11) is 4.34. The van der Waals surface area contributed by atoms with Crippen LogP contribution in [-0.4, -0.2) is 36.7 Å². The Morgan fingerprint density at radius 2 is 2.08 bits per heavy atom. The molecular weight excluding hydrogens is 160 g/mol. The lowest BCUT2D eigenvalue weighted by Crippen LogP contribution is -2.47. The topological polar surface area (TPSA) is 6.48 Å². The molecule has 0 N–H and O–H groups in total. The predicted molar refractivity (Wildman–Crippen MR) is 57.6 cm³/mol. The molecule has 1 unspecified atom stereocenters. The monoisotopic (exact) mass is 184 g/mol. The first-order valence-electron chi connectivity index (χ1n) is 5.69. The lowest BCUT2D eigenvalue weighted by Gasteiger charge is -2.39. The van der Waals surface area contributed by atoms with Crippen molar-refractivity contribution in [2.75, 3.05) is 20.6 Å². The van der Waals surface area contributed by atoms with Gasteiger partial charge in [-0.25, -0.2) is 10.0 Å². The molecule has 13 heavy (non-hydrogen) atoms. The lowest BCUT2D eigenvalue weighted by molar-refractivity contribution is -0.0430. The van der Waals surface area contributed by atoms with Crippen LogP contribution in [-0.2, 0) is 0 Å². The fraction of sp³-hybridized carbons (Fsp3) is 1.00. The van der Waals surface area contributed by atoms with E-state index in [2.05, 4.69) is 31.0 Å². The second-order valence-corrected chi connectivity index (χ2v) is 4.30. The van der Waals surface area contributed by atoms with E-state index in [1.807, 2.05) is 0 Å². The molecule has 1 rings (SSSR count). The Morgan fingerprint density at radius 3 is 2.69 bits per heavy atom. The van der Waals surface area contributed by atoms with Gasteiger partial charge in [0.1, 0.15) is 0 Å². The average molecular weight is 184 g/mol. The molecule has 1 heterocycles. The summed E-state index contributed by atoms with van der Waals surface area (Å²) in [4.78, 5) is 0. The first-order chi connectivity index (χ1) is 6.25. The Kier molecular flexibility index (Phi) is 4.74. The van der Waals surface area contributed by atoms with Crippen molar-refractivity contribution >= 4 is 0 Å². The van der Waals surface area contributed by atoms with Crippen molar-refractivity contribution in [2.45, 2.75) is 51.5 Å². The number of nitrogens with zero attached hydrogens (tertiary/aromatic N) is 2.